The summed E-state index contributed by atoms with van der Waals surface area (Å²) in [6.45, 7) is 9.79. The van der Waals surface area contributed by atoms with E-state index in [1.54, 1.807) is 0 Å². The SMILES string of the molecule is Cc1cc(C)c(C(C)NCCCNS(C)(=O)=O)cc1C. The second-order valence-corrected chi connectivity index (χ2v) is 7.32. The largest absolute Gasteiger partial charge is 0.310 e. The first-order valence-electron chi connectivity index (χ1n) is 6.96. The maximum Gasteiger partial charge on any atom is 0.208 e. The average molecular weight is 298 g/mol. The van der Waals surface area contributed by atoms with Gasteiger partial charge in [-0.2, -0.15) is 0 Å². The van der Waals surface area contributed by atoms with Crippen LogP contribution < -0.4 is 10.0 Å². The molecule has 1 unspecified atom stereocenters. The third-order valence-corrected chi connectivity index (χ3v) is 4.25. The van der Waals surface area contributed by atoms with E-state index in [9.17, 15) is 8.42 Å². The van der Waals surface area contributed by atoms with Gasteiger partial charge in [-0.1, -0.05) is 12.1 Å². The van der Waals surface area contributed by atoms with Gasteiger partial charge in [0.2, 0.25) is 10.0 Å². The third kappa shape index (κ3) is 5.61. The Bertz CT molecular complexity index is 553. The van der Waals surface area contributed by atoms with Crippen LogP contribution in [0.1, 0.15) is 41.6 Å². The van der Waals surface area contributed by atoms with Crippen molar-refractivity contribution in [1.82, 2.24) is 10.0 Å². The zero-order valence-electron chi connectivity index (χ0n) is 13.1. The number of hydrogen-bond donors (Lipinski definition) is 2. The molecule has 0 amide bonds. The Balaban J connectivity index is 2.47. The molecule has 0 spiro atoms. The summed E-state index contributed by atoms with van der Waals surface area (Å²) in [4.78, 5) is 0. The van der Waals surface area contributed by atoms with Crippen LogP contribution in [0, 0.1) is 20.8 Å². The number of nitrogens with one attached hydrogen (secondary N) is 2. The molecule has 1 aromatic rings. The van der Waals surface area contributed by atoms with Crippen molar-refractivity contribution in [2.24, 2.45) is 0 Å². The predicted octanol–water partition coefficient (Wildman–Crippen LogP) is 2.20. The summed E-state index contributed by atoms with van der Waals surface area (Å²) in [7, 11) is -3.07. The number of benzene rings is 1. The molecule has 0 aliphatic heterocycles. The molecule has 5 heteroatoms. The highest BCUT2D eigenvalue weighted by atomic mass is 32.2. The fourth-order valence-electron chi connectivity index (χ4n) is 2.22. The summed E-state index contributed by atoms with van der Waals surface area (Å²) in [5, 5.41) is 3.44. The van der Waals surface area contributed by atoms with Gasteiger partial charge in [-0.3, -0.25) is 0 Å². The Morgan fingerprint density at radius 3 is 2.25 bits per heavy atom. The van der Waals surface area contributed by atoms with Gasteiger partial charge in [0, 0.05) is 12.6 Å². The summed E-state index contributed by atoms with van der Waals surface area (Å²) in [5.41, 5.74) is 5.22. The van der Waals surface area contributed by atoms with Crippen molar-refractivity contribution >= 4 is 10.0 Å². The lowest BCUT2D eigenvalue weighted by Gasteiger charge is -2.18. The van der Waals surface area contributed by atoms with Gasteiger partial charge in [0.1, 0.15) is 0 Å². The molecule has 20 heavy (non-hydrogen) atoms. The van der Waals surface area contributed by atoms with Gasteiger partial charge in [0.25, 0.3) is 0 Å². The quantitative estimate of drug-likeness (QED) is 0.759. The van der Waals surface area contributed by atoms with E-state index in [4.69, 9.17) is 0 Å². The summed E-state index contributed by atoms with van der Waals surface area (Å²) < 4.78 is 24.4. The molecule has 0 aromatic heterocycles. The van der Waals surface area contributed by atoms with Crippen molar-refractivity contribution in [2.45, 2.75) is 40.2 Å². The predicted molar refractivity (Wildman–Crippen MR) is 84.5 cm³/mol. The number of aryl methyl sites for hydroxylation is 3. The molecule has 0 saturated heterocycles. The molecule has 2 N–H and O–H groups in total. The second kappa shape index (κ2) is 7.20. The van der Waals surface area contributed by atoms with Gasteiger partial charge in [0.15, 0.2) is 0 Å². The molecule has 0 heterocycles. The fraction of sp³-hybridized carbons (Fsp3) is 0.600. The number of hydrogen-bond acceptors (Lipinski definition) is 3. The van der Waals surface area contributed by atoms with E-state index in [0.717, 1.165) is 13.0 Å². The summed E-state index contributed by atoms with van der Waals surface area (Å²) in [6.07, 6.45) is 1.96. The van der Waals surface area contributed by atoms with Crippen LogP contribution in [0.2, 0.25) is 0 Å². The van der Waals surface area contributed by atoms with E-state index >= 15 is 0 Å². The van der Waals surface area contributed by atoms with Crippen molar-refractivity contribution in [3.63, 3.8) is 0 Å². The molecule has 0 aliphatic rings. The van der Waals surface area contributed by atoms with E-state index in [0.29, 0.717) is 6.54 Å². The molecule has 0 aliphatic carbocycles. The van der Waals surface area contributed by atoms with Crippen molar-refractivity contribution < 1.29 is 8.42 Å². The Morgan fingerprint density at radius 1 is 1.05 bits per heavy atom. The Morgan fingerprint density at radius 2 is 1.65 bits per heavy atom. The maximum atomic E-state index is 10.9. The molecule has 114 valence electrons. The van der Waals surface area contributed by atoms with Crippen LogP contribution in [0.3, 0.4) is 0 Å². The van der Waals surface area contributed by atoms with E-state index in [1.807, 2.05) is 0 Å². The van der Waals surface area contributed by atoms with Gasteiger partial charge in [0.05, 0.1) is 6.26 Å². The molecule has 4 nitrogen and oxygen atoms in total. The van der Waals surface area contributed by atoms with E-state index in [1.165, 1.54) is 28.5 Å². The number of rotatable bonds is 7. The van der Waals surface area contributed by atoms with Crippen LogP contribution >= 0.6 is 0 Å². The van der Waals surface area contributed by atoms with E-state index in [2.05, 4.69) is 49.9 Å². The van der Waals surface area contributed by atoms with Gasteiger partial charge in [-0.25, -0.2) is 13.1 Å². The van der Waals surface area contributed by atoms with Crippen molar-refractivity contribution in [3.8, 4) is 0 Å². The molecule has 0 saturated carbocycles. The second-order valence-electron chi connectivity index (χ2n) is 5.49. The molecular weight excluding hydrogens is 272 g/mol. The molecule has 1 aromatic carbocycles. The lowest BCUT2D eigenvalue weighted by atomic mass is 9.96. The van der Waals surface area contributed by atoms with Crippen molar-refractivity contribution in [1.29, 1.82) is 0 Å². The fourth-order valence-corrected chi connectivity index (χ4v) is 2.74. The Kier molecular flexibility index (Phi) is 6.17. The van der Waals surface area contributed by atoms with Crippen LogP contribution in [0.25, 0.3) is 0 Å². The summed E-state index contributed by atoms with van der Waals surface area (Å²) in [5.74, 6) is 0. The smallest absolute Gasteiger partial charge is 0.208 e. The van der Waals surface area contributed by atoms with Gasteiger partial charge >= 0.3 is 0 Å². The lowest BCUT2D eigenvalue weighted by molar-refractivity contribution is 0.546. The Labute approximate surface area is 123 Å². The minimum absolute atomic E-state index is 0.271. The average Bonchev–Trinajstić information content (AvgIpc) is 2.31. The van der Waals surface area contributed by atoms with Crippen LogP contribution in [-0.2, 0) is 10.0 Å². The zero-order valence-corrected chi connectivity index (χ0v) is 13.9. The summed E-state index contributed by atoms with van der Waals surface area (Å²) >= 11 is 0. The monoisotopic (exact) mass is 298 g/mol. The van der Waals surface area contributed by atoms with E-state index in [-0.39, 0.29) is 6.04 Å². The molecule has 1 rings (SSSR count). The standard InChI is InChI=1S/C15H26N2O2S/c1-11-9-13(3)15(10-12(11)2)14(4)16-7-6-8-17-20(5,18)19/h9-10,14,16-17H,6-8H2,1-5H3. The third-order valence-electron chi connectivity index (χ3n) is 3.52. The molecule has 0 fully saturated rings. The zero-order chi connectivity index (χ0) is 15.3. The maximum absolute atomic E-state index is 10.9. The van der Waals surface area contributed by atoms with Crippen LogP contribution in [0.4, 0.5) is 0 Å². The topological polar surface area (TPSA) is 58.2 Å². The molecular formula is C15H26N2O2S. The molecule has 0 bridgehead atoms. The highest BCUT2D eigenvalue weighted by molar-refractivity contribution is 7.88. The molecule has 1 atom stereocenters. The minimum Gasteiger partial charge on any atom is -0.310 e. The first-order valence-corrected chi connectivity index (χ1v) is 8.85. The lowest BCUT2D eigenvalue weighted by Crippen LogP contribution is -2.27. The van der Waals surface area contributed by atoms with Crippen LogP contribution in [-0.4, -0.2) is 27.8 Å². The van der Waals surface area contributed by atoms with Crippen molar-refractivity contribution in [2.75, 3.05) is 19.3 Å². The number of sulfonamides is 1. The summed E-state index contributed by atoms with van der Waals surface area (Å²) in [6, 6.07) is 4.72. The van der Waals surface area contributed by atoms with Gasteiger partial charge in [-0.05, 0) is 62.9 Å². The highest BCUT2D eigenvalue weighted by Gasteiger charge is 2.09. The highest BCUT2D eigenvalue weighted by Crippen LogP contribution is 2.21. The first kappa shape index (κ1) is 17.1. The van der Waals surface area contributed by atoms with Crippen LogP contribution in [0.15, 0.2) is 12.1 Å². The first-order chi connectivity index (χ1) is 9.20. The molecule has 0 radical (unpaired) electrons. The van der Waals surface area contributed by atoms with Crippen LogP contribution in [0.5, 0.6) is 0 Å². The van der Waals surface area contributed by atoms with Crippen molar-refractivity contribution in [3.05, 3.63) is 34.4 Å². The Hall–Kier alpha value is -0.910. The normalized spacial score (nSPS) is 13.4. The van der Waals surface area contributed by atoms with Gasteiger partial charge in [-0.15, -0.1) is 0 Å². The van der Waals surface area contributed by atoms with Gasteiger partial charge < -0.3 is 5.32 Å². The van der Waals surface area contributed by atoms with E-state index < -0.39 is 10.0 Å². The minimum atomic E-state index is -3.07.